The minimum Gasteiger partial charge on any atom is -0.497 e. The Bertz CT molecular complexity index is 858. The van der Waals surface area contributed by atoms with Gasteiger partial charge in [-0.1, -0.05) is 23.7 Å². The smallest absolute Gasteiger partial charge is 0.250 e. The number of ether oxygens (including phenoxy) is 1. The van der Waals surface area contributed by atoms with Crippen molar-refractivity contribution in [1.82, 2.24) is 15.4 Å². The topological polar surface area (TPSA) is 91.8 Å². The lowest BCUT2D eigenvalue weighted by Crippen LogP contribution is -2.41. The standard InChI is InChI=1S/C17H23ClN4O3S2.HI/c1-3-19-17(21-12-13-4-6-14(25-2)7-5-13)20-10-11-22-27(23,24)16-9-8-15(18)26-16;/h4-9,22H,3,10-12H2,1-2H3,(H2,19,20,21);1H. The summed E-state index contributed by atoms with van der Waals surface area (Å²) in [5.74, 6) is 1.42. The molecule has 28 heavy (non-hydrogen) atoms. The predicted molar refractivity (Wildman–Crippen MR) is 126 cm³/mol. The van der Waals surface area contributed by atoms with E-state index < -0.39 is 10.0 Å². The van der Waals surface area contributed by atoms with Crippen LogP contribution in [0.1, 0.15) is 12.5 Å². The molecule has 0 saturated heterocycles. The van der Waals surface area contributed by atoms with E-state index in [1.54, 1.807) is 13.2 Å². The SMILES string of the molecule is CCNC(=NCc1ccc(OC)cc1)NCCNS(=O)(=O)c1ccc(Cl)s1.I. The molecule has 0 aliphatic rings. The van der Waals surface area contributed by atoms with E-state index in [4.69, 9.17) is 16.3 Å². The predicted octanol–water partition coefficient (Wildman–Crippen LogP) is 3.06. The van der Waals surface area contributed by atoms with Crippen molar-refractivity contribution in [3.05, 3.63) is 46.3 Å². The summed E-state index contributed by atoms with van der Waals surface area (Å²) in [4.78, 5) is 4.50. The second kappa shape index (κ2) is 12.5. The van der Waals surface area contributed by atoms with Gasteiger partial charge in [0.1, 0.15) is 9.96 Å². The lowest BCUT2D eigenvalue weighted by atomic mass is 10.2. The molecule has 0 bridgehead atoms. The molecule has 0 atom stereocenters. The van der Waals surface area contributed by atoms with Crippen molar-refractivity contribution < 1.29 is 13.2 Å². The number of nitrogens with zero attached hydrogens (tertiary/aromatic N) is 1. The summed E-state index contributed by atoms with van der Waals surface area (Å²) in [7, 11) is -1.91. The zero-order chi connectivity index (χ0) is 19.7. The lowest BCUT2D eigenvalue weighted by Gasteiger charge is -2.12. The number of guanidine groups is 1. The Kier molecular flexibility index (Phi) is 11.1. The van der Waals surface area contributed by atoms with Crippen LogP contribution in [0, 0.1) is 0 Å². The number of nitrogens with one attached hydrogen (secondary N) is 3. The minimum absolute atomic E-state index is 0. The van der Waals surface area contributed by atoms with Gasteiger partial charge in [0.15, 0.2) is 5.96 Å². The first kappa shape index (κ1) is 25.0. The van der Waals surface area contributed by atoms with Crippen LogP contribution in [0.15, 0.2) is 45.6 Å². The van der Waals surface area contributed by atoms with Crippen molar-refractivity contribution in [2.75, 3.05) is 26.7 Å². The summed E-state index contributed by atoms with van der Waals surface area (Å²) in [5, 5.41) is 6.24. The first-order chi connectivity index (χ1) is 12.9. The van der Waals surface area contributed by atoms with Crippen LogP contribution in [0.3, 0.4) is 0 Å². The van der Waals surface area contributed by atoms with Gasteiger partial charge < -0.3 is 15.4 Å². The average Bonchev–Trinajstić information content (AvgIpc) is 3.11. The van der Waals surface area contributed by atoms with Crippen LogP contribution in [0.4, 0.5) is 0 Å². The molecule has 0 aliphatic carbocycles. The van der Waals surface area contributed by atoms with Gasteiger partial charge in [0.05, 0.1) is 18.0 Å². The number of hydrogen-bond donors (Lipinski definition) is 3. The van der Waals surface area contributed by atoms with Crippen LogP contribution in [0.5, 0.6) is 5.75 Å². The van der Waals surface area contributed by atoms with Crippen molar-refractivity contribution in [1.29, 1.82) is 0 Å². The summed E-state index contributed by atoms with van der Waals surface area (Å²) in [5.41, 5.74) is 1.04. The maximum Gasteiger partial charge on any atom is 0.250 e. The highest BCUT2D eigenvalue weighted by atomic mass is 127. The summed E-state index contributed by atoms with van der Waals surface area (Å²) < 4.78 is 32.6. The Labute approximate surface area is 192 Å². The highest BCUT2D eigenvalue weighted by Crippen LogP contribution is 2.25. The van der Waals surface area contributed by atoms with Gasteiger partial charge in [-0.25, -0.2) is 18.1 Å². The number of thiophene rings is 1. The van der Waals surface area contributed by atoms with Crippen LogP contribution in [-0.2, 0) is 16.6 Å². The largest absolute Gasteiger partial charge is 0.497 e. The maximum atomic E-state index is 12.1. The number of sulfonamides is 1. The Morgan fingerprint density at radius 3 is 2.43 bits per heavy atom. The van der Waals surface area contributed by atoms with Crippen molar-refractivity contribution in [3.8, 4) is 5.75 Å². The second-order valence-corrected chi connectivity index (χ2v) is 9.14. The summed E-state index contributed by atoms with van der Waals surface area (Å²) in [6, 6.07) is 10.7. The fraction of sp³-hybridized carbons (Fsp3) is 0.353. The fourth-order valence-corrected chi connectivity index (χ4v) is 4.68. The summed E-state index contributed by atoms with van der Waals surface area (Å²) in [6.07, 6.45) is 0. The molecule has 1 aromatic heterocycles. The van der Waals surface area contributed by atoms with Gasteiger partial charge in [-0.3, -0.25) is 0 Å². The molecule has 11 heteroatoms. The zero-order valence-electron chi connectivity index (χ0n) is 15.6. The van der Waals surface area contributed by atoms with E-state index in [-0.39, 0.29) is 34.7 Å². The number of aliphatic imine (C=N–C) groups is 1. The van der Waals surface area contributed by atoms with Crippen molar-refractivity contribution >= 4 is 62.9 Å². The maximum absolute atomic E-state index is 12.1. The molecule has 3 N–H and O–H groups in total. The molecule has 2 rings (SSSR count). The number of hydrogen-bond acceptors (Lipinski definition) is 5. The van der Waals surface area contributed by atoms with Gasteiger partial charge in [-0.2, -0.15) is 0 Å². The minimum atomic E-state index is -3.54. The number of rotatable bonds is 9. The van der Waals surface area contributed by atoms with E-state index in [0.29, 0.717) is 29.9 Å². The van der Waals surface area contributed by atoms with E-state index in [1.807, 2.05) is 31.2 Å². The fourth-order valence-electron chi connectivity index (χ4n) is 2.12. The summed E-state index contributed by atoms with van der Waals surface area (Å²) in [6.45, 7) is 3.79. The monoisotopic (exact) mass is 558 g/mol. The van der Waals surface area contributed by atoms with Crippen molar-refractivity contribution in [2.45, 2.75) is 17.7 Å². The van der Waals surface area contributed by atoms with E-state index in [9.17, 15) is 8.42 Å². The molecule has 0 aliphatic heterocycles. The lowest BCUT2D eigenvalue weighted by molar-refractivity contribution is 0.414. The van der Waals surface area contributed by atoms with Crippen LogP contribution in [0.2, 0.25) is 4.34 Å². The molecular formula is C17H24ClIN4O3S2. The molecule has 0 amide bonds. The summed E-state index contributed by atoms with van der Waals surface area (Å²) >= 11 is 6.81. The molecule has 1 aromatic carbocycles. The van der Waals surface area contributed by atoms with Crippen LogP contribution in [0.25, 0.3) is 0 Å². The van der Waals surface area contributed by atoms with Gasteiger partial charge in [0, 0.05) is 19.6 Å². The molecule has 0 unspecified atom stereocenters. The zero-order valence-corrected chi connectivity index (χ0v) is 20.3. The third-order valence-electron chi connectivity index (χ3n) is 3.45. The Morgan fingerprint density at radius 1 is 1.14 bits per heavy atom. The second-order valence-electron chi connectivity index (χ2n) is 5.43. The van der Waals surface area contributed by atoms with Gasteiger partial charge in [0.2, 0.25) is 10.0 Å². The molecule has 7 nitrogen and oxygen atoms in total. The third-order valence-corrected chi connectivity index (χ3v) is 6.63. The highest BCUT2D eigenvalue weighted by molar-refractivity contribution is 14.0. The van der Waals surface area contributed by atoms with Crippen LogP contribution in [-0.4, -0.2) is 41.1 Å². The molecule has 0 spiro atoms. The Balaban J connectivity index is 0.00000392. The average molecular weight is 559 g/mol. The molecule has 0 fully saturated rings. The van der Waals surface area contributed by atoms with Gasteiger partial charge in [-0.15, -0.1) is 35.3 Å². The van der Waals surface area contributed by atoms with Crippen LogP contribution >= 0.6 is 46.9 Å². The van der Waals surface area contributed by atoms with Crippen LogP contribution < -0.4 is 20.1 Å². The van der Waals surface area contributed by atoms with Crippen molar-refractivity contribution in [3.63, 3.8) is 0 Å². The molecule has 1 heterocycles. The molecule has 0 radical (unpaired) electrons. The number of methoxy groups -OCH3 is 1. The molecule has 2 aromatic rings. The third kappa shape index (κ3) is 8.11. The molecular weight excluding hydrogens is 535 g/mol. The molecule has 0 saturated carbocycles. The van der Waals surface area contributed by atoms with E-state index in [0.717, 1.165) is 22.6 Å². The first-order valence-electron chi connectivity index (χ1n) is 8.34. The highest BCUT2D eigenvalue weighted by Gasteiger charge is 2.15. The van der Waals surface area contributed by atoms with Gasteiger partial charge >= 0.3 is 0 Å². The number of halogens is 2. The van der Waals surface area contributed by atoms with E-state index in [2.05, 4.69) is 20.3 Å². The molecule has 156 valence electrons. The quantitative estimate of drug-likeness (QED) is 0.190. The Hall–Kier alpha value is -1.08. The Morgan fingerprint density at radius 2 is 1.86 bits per heavy atom. The van der Waals surface area contributed by atoms with Gasteiger partial charge in [0.25, 0.3) is 0 Å². The first-order valence-corrected chi connectivity index (χ1v) is 11.0. The normalized spacial score (nSPS) is 11.6. The van der Waals surface area contributed by atoms with Crippen molar-refractivity contribution in [2.24, 2.45) is 4.99 Å². The number of benzene rings is 1. The van der Waals surface area contributed by atoms with Gasteiger partial charge in [-0.05, 0) is 36.8 Å². The van der Waals surface area contributed by atoms with E-state index >= 15 is 0 Å². The van der Waals surface area contributed by atoms with E-state index in [1.165, 1.54) is 6.07 Å².